The van der Waals surface area contributed by atoms with E-state index in [0.717, 1.165) is 5.39 Å². The molecule has 1 aliphatic rings. The van der Waals surface area contributed by atoms with Gasteiger partial charge in [0.15, 0.2) is 5.75 Å². The van der Waals surface area contributed by atoms with Crippen LogP contribution in [0.4, 0.5) is 5.69 Å². The number of aromatic nitrogens is 1. The molecule has 1 saturated heterocycles. The third kappa shape index (κ3) is 3.48. The summed E-state index contributed by atoms with van der Waals surface area (Å²) in [5.41, 5.74) is 1.10. The Hall–Kier alpha value is -2.63. The van der Waals surface area contributed by atoms with Gasteiger partial charge in [0.1, 0.15) is 5.52 Å². The molecule has 0 bridgehead atoms. The molecule has 0 aliphatic carbocycles. The van der Waals surface area contributed by atoms with E-state index in [4.69, 9.17) is 27.9 Å². The van der Waals surface area contributed by atoms with Crippen LogP contribution in [0, 0.1) is 5.92 Å². The van der Waals surface area contributed by atoms with Crippen LogP contribution >= 0.6 is 23.2 Å². The van der Waals surface area contributed by atoms with Crippen molar-refractivity contribution in [1.29, 1.82) is 0 Å². The Morgan fingerprint density at radius 1 is 1.15 bits per heavy atom. The highest BCUT2D eigenvalue weighted by molar-refractivity contribution is 6.35. The molecule has 0 saturated carbocycles. The molecule has 0 spiro atoms. The highest BCUT2D eigenvalue weighted by Gasteiger charge is 2.37. The van der Waals surface area contributed by atoms with Crippen LogP contribution in [0.15, 0.2) is 54.7 Å². The summed E-state index contributed by atoms with van der Waals surface area (Å²) in [6.07, 6.45) is 1.70. The molecule has 1 atom stereocenters. The summed E-state index contributed by atoms with van der Waals surface area (Å²) in [7, 11) is 0. The minimum atomic E-state index is -0.591. The second-order valence-electron chi connectivity index (χ2n) is 6.25. The number of nitrogens with zero attached hydrogens (tertiary/aromatic N) is 2. The smallest absolute Gasteiger partial charge is 0.316 e. The number of carbonyl (C=O) groups excluding carboxylic acids is 2. The lowest BCUT2D eigenvalue weighted by Crippen LogP contribution is -2.27. The van der Waals surface area contributed by atoms with Gasteiger partial charge in [-0.1, -0.05) is 41.4 Å². The van der Waals surface area contributed by atoms with Crippen molar-refractivity contribution in [2.24, 2.45) is 5.92 Å². The molecule has 3 aromatic rings. The summed E-state index contributed by atoms with van der Waals surface area (Å²) in [4.78, 5) is 30.8. The molecule has 0 unspecified atom stereocenters. The van der Waals surface area contributed by atoms with Gasteiger partial charge < -0.3 is 9.64 Å². The Labute approximate surface area is 165 Å². The highest BCUT2D eigenvalue weighted by atomic mass is 35.5. The number of amides is 1. The Morgan fingerprint density at radius 2 is 1.96 bits per heavy atom. The second-order valence-corrected chi connectivity index (χ2v) is 7.10. The summed E-state index contributed by atoms with van der Waals surface area (Å²) in [5, 5.41) is 1.74. The Kier molecular flexibility index (Phi) is 4.72. The number of carbonyl (C=O) groups is 2. The fraction of sp³-hybridized carbons (Fsp3) is 0.150. The Morgan fingerprint density at radius 3 is 2.81 bits per heavy atom. The van der Waals surface area contributed by atoms with Crippen LogP contribution in [-0.2, 0) is 9.59 Å². The van der Waals surface area contributed by atoms with E-state index in [9.17, 15) is 9.59 Å². The van der Waals surface area contributed by atoms with Crippen molar-refractivity contribution >= 4 is 51.7 Å². The van der Waals surface area contributed by atoms with Crippen molar-refractivity contribution in [3.8, 4) is 5.75 Å². The number of anilines is 1. The number of hydrogen-bond donors (Lipinski definition) is 0. The van der Waals surface area contributed by atoms with E-state index in [1.807, 2.05) is 18.2 Å². The lowest BCUT2D eigenvalue weighted by molar-refractivity contribution is -0.139. The molecule has 4 rings (SSSR count). The first-order chi connectivity index (χ1) is 13.0. The van der Waals surface area contributed by atoms with Gasteiger partial charge in [0.25, 0.3) is 0 Å². The predicted molar refractivity (Wildman–Crippen MR) is 104 cm³/mol. The number of pyridine rings is 1. The lowest BCUT2D eigenvalue weighted by Gasteiger charge is -2.18. The number of hydrogen-bond acceptors (Lipinski definition) is 4. The van der Waals surface area contributed by atoms with E-state index in [0.29, 0.717) is 27.0 Å². The fourth-order valence-electron chi connectivity index (χ4n) is 3.14. The third-order valence-corrected chi connectivity index (χ3v) is 5.02. The summed E-state index contributed by atoms with van der Waals surface area (Å²) in [5.74, 6) is -0.879. The van der Waals surface area contributed by atoms with Crippen molar-refractivity contribution in [3.63, 3.8) is 0 Å². The summed E-state index contributed by atoms with van der Waals surface area (Å²) in [6.45, 7) is 0.190. The van der Waals surface area contributed by atoms with Gasteiger partial charge in [-0.15, -0.1) is 0 Å². The lowest BCUT2D eigenvalue weighted by atomic mass is 10.1. The zero-order valence-electron chi connectivity index (χ0n) is 14.1. The number of rotatable bonds is 3. The first kappa shape index (κ1) is 17.8. The molecule has 2 heterocycles. The van der Waals surface area contributed by atoms with Crippen LogP contribution in [0.5, 0.6) is 5.75 Å². The standard InChI is InChI=1S/C20H14Cl2N2O3/c21-14-6-7-15(22)16(10-14)24-11-13(9-18(24)25)20(26)27-17-5-1-3-12-4-2-8-23-19(12)17/h1-8,10,13H,9,11H2/t13-/m0/s1. The zero-order valence-corrected chi connectivity index (χ0v) is 15.6. The van der Waals surface area contributed by atoms with Crippen LogP contribution in [0.2, 0.25) is 10.0 Å². The number of fused-ring (bicyclic) bond motifs is 1. The normalized spacial score (nSPS) is 16.7. The topological polar surface area (TPSA) is 59.5 Å². The number of para-hydroxylation sites is 1. The van der Waals surface area contributed by atoms with Gasteiger partial charge in [-0.05, 0) is 30.3 Å². The van der Waals surface area contributed by atoms with Gasteiger partial charge in [-0.3, -0.25) is 14.6 Å². The molecule has 5 nitrogen and oxygen atoms in total. The zero-order chi connectivity index (χ0) is 19.0. The van der Waals surface area contributed by atoms with Gasteiger partial charge in [-0.25, -0.2) is 0 Å². The minimum absolute atomic E-state index is 0.0554. The van der Waals surface area contributed by atoms with Crippen LogP contribution in [0.25, 0.3) is 10.9 Å². The summed E-state index contributed by atoms with van der Waals surface area (Å²) in [6, 6.07) is 14.0. The molecule has 7 heteroatoms. The molecule has 0 N–H and O–H groups in total. The summed E-state index contributed by atoms with van der Waals surface area (Å²) < 4.78 is 5.56. The van der Waals surface area contributed by atoms with E-state index >= 15 is 0 Å². The molecular formula is C20H14Cl2N2O3. The van der Waals surface area contributed by atoms with Crippen molar-refractivity contribution in [1.82, 2.24) is 4.98 Å². The molecule has 1 aromatic heterocycles. The van der Waals surface area contributed by atoms with Crippen LogP contribution in [-0.4, -0.2) is 23.4 Å². The van der Waals surface area contributed by atoms with Crippen molar-refractivity contribution in [2.75, 3.05) is 11.4 Å². The van der Waals surface area contributed by atoms with E-state index < -0.39 is 11.9 Å². The average molecular weight is 401 g/mol. The first-order valence-corrected chi connectivity index (χ1v) is 9.09. The van der Waals surface area contributed by atoms with Gasteiger partial charge >= 0.3 is 5.97 Å². The molecule has 0 radical (unpaired) electrons. The quantitative estimate of drug-likeness (QED) is 0.479. The van der Waals surface area contributed by atoms with Crippen molar-refractivity contribution < 1.29 is 14.3 Å². The van der Waals surface area contributed by atoms with Gasteiger partial charge in [-0.2, -0.15) is 0 Å². The van der Waals surface area contributed by atoms with Crippen molar-refractivity contribution in [2.45, 2.75) is 6.42 Å². The van der Waals surface area contributed by atoms with E-state index in [-0.39, 0.29) is 18.9 Å². The summed E-state index contributed by atoms with van der Waals surface area (Å²) >= 11 is 12.2. The maximum absolute atomic E-state index is 12.6. The maximum atomic E-state index is 12.6. The molecule has 2 aromatic carbocycles. The van der Waals surface area contributed by atoms with Gasteiger partial charge in [0, 0.05) is 29.6 Å². The number of esters is 1. The second kappa shape index (κ2) is 7.18. The van der Waals surface area contributed by atoms with E-state index in [2.05, 4.69) is 4.98 Å². The molecule has 1 aliphatic heterocycles. The number of ether oxygens (including phenoxy) is 1. The average Bonchev–Trinajstić information content (AvgIpc) is 3.06. The monoisotopic (exact) mass is 400 g/mol. The Balaban J connectivity index is 1.55. The Bertz CT molecular complexity index is 1050. The van der Waals surface area contributed by atoms with Gasteiger partial charge in [0.2, 0.25) is 5.91 Å². The van der Waals surface area contributed by atoms with Crippen LogP contribution in [0.1, 0.15) is 6.42 Å². The molecule has 136 valence electrons. The fourth-order valence-corrected chi connectivity index (χ4v) is 3.53. The first-order valence-electron chi connectivity index (χ1n) is 8.34. The highest BCUT2D eigenvalue weighted by Crippen LogP contribution is 2.34. The molecule has 1 fully saturated rings. The van der Waals surface area contributed by atoms with Crippen LogP contribution in [0.3, 0.4) is 0 Å². The SMILES string of the molecule is O=C(Oc1cccc2cccnc12)[C@H]1CC(=O)N(c2cc(Cl)ccc2Cl)C1. The van der Waals surface area contributed by atoms with E-state index in [1.54, 1.807) is 36.5 Å². The van der Waals surface area contributed by atoms with Crippen LogP contribution < -0.4 is 9.64 Å². The maximum Gasteiger partial charge on any atom is 0.316 e. The largest absolute Gasteiger partial charge is 0.424 e. The molecule has 27 heavy (non-hydrogen) atoms. The van der Waals surface area contributed by atoms with E-state index in [1.165, 1.54) is 4.90 Å². The molecule has 1 amide bonds. The number of benzene rings is 2. The third-order valence-electron chi connectivity index (χ3n) is 4.46. The molecular weight excluding hydrogens is 387 g/mol. The minimum Gasteiger partial charge on any atom is -0.424 e. The van der Waals surface area contributed by atoms with Crippen molar-refractivity contribution in [3.05, 3.63) is 64.8 Å². The predicted octanol–water partition coefficient (Wildman–Crippen LogP) is 4.50. The van der Waals surface area contributed by atoms with Gasteiger partial charge in [0.05, 0.1) is 16.6 Å². The number of halogens is 2.